The summed E-state index contributed by atoms with van der Waals surface area (Å²) in [7, 11) is 3.48. The Morgan fingerprint density at radius 1 is 1.11 bits per heavy atom. The molecule has 0 aliphatic heterocycles. The van der Waals surface area contributed by atoms with E-state index in [4.69, 9.17) is 0 Å². The lowest BCUT2D eigenvalue weighted by Gasteiger charge is -2.01. The minimum absolute atomic E-state index is 0.135. The van der Waals surface area contributed by atoms with E-state index in [1.807, 2.05) is 41.9 Å². The minimum atomic E-state index is -0.135. The van der Waals surface area contributed by atoms with Crippen molar-refractivity contribution in [3.8, 4) is 11.4 Å². The second-order valence-electron chi connectivity index (χ2n) is 4.17. The Balaban J connectivity index is 2.37. The van der Waals surface area contributed by atoms with Crippen LogP contribution in [0, 0.1) is 0 Å². The van der Waals surface area contributed by atoms with Gasteiger partial charge < -0.3 is 4.57 Å². The summed E-state index contributed by atoms with van der Waals surface area (Å²) in [6, 6.07) is 9.79. The molecule has 2 heterocycles. The van der Waals surface area contributed by atoms with Crippen LogP contribution < -0.4 is 5.56 Å². The van der Waals surface area contributed by atoms with Gasteiger partial charge in [0.1, 0.15) is 16.9 Å². The third-order valence-corrected chi connectivity index (χ3v) is 3.00. The average molecular weight is 240 g/mol. The molecule has 3 rings (SSSR count). The molecule has 0 N–H and O–H groups in total. The number of aryl methyl sites for hydroxylation is 2. The highest BCUT2D eigenvalue weighted by atomic mass is 16.1. The van der Waals surface area contributed by atoms with Crippen molar-refractivity contribution in [1.82, 2.24) is 19.3 Å². The molecule has 90 valence electrons. The van der Waals surface area contributed by atoms with E-state index >= 15 is 0 Å². The van der Waals surface area contributed by atoms with Crippen LogP contribution in [0.2, 0.25) is 0 Å². The van der Waals surface area contributed by atoms with Gasteiger partial charge in [-0.05, 0) is 0 Å². The van der Waals surface area contributed by atoms with E-state index in [0.717, 1.165) is 11.4 Å². The molecule has 0 fully saturated rings. The number of fused-ring (bicyclic) bond motifs is 1. The van der Waals surface area contributed by atoms with Crippen molar-refractivity contribution < 1.29 is 0 Å². The Morgan fingerprint density at radius 3 is 2.56 bits per heavy atom. The topological polar surface area (TPSA) is 52.7 Å². The van der Waals surface area contributed by atoms with Gasteiger partial charge >= 0.3 is 0 Å². The fraction of sp³-hybridized carbons (Fsp3) is 0.154. The second kappa shape index (κ2) is 3.80. The summed E-state index contributed by atoms with van der Waals surface area (Å²) in [6.45, 7) is 0. The summed E-state index contributed by atoms with van der Waals surface area (Å²) in [5.41, 5.74) is 2.05. The average Bonchev–Trinajstić information content (AvgIpc) is 2.73. The molecule has 0 radical (unpaired) electrons. The van der Waals surface area contributed by atoms with E-state index in [-0.39, 0.29) is 5.56 Å². The lowest BCUT2D eigenvalue weighted by atomic mass is 10.2. The Hall–Kier alpha value is -2.43. The van der Waals surface area contributed by atoms with Gasteiger partial charge in [0.15, 0.2) is 0 Å². The van der Waals surface area contributed by atoms with Crippen molar-refractivity contribution >= 4 is 11.0 Å². The molecular weight excluding hydrogens is 228 g/mol. The maximum absolute atomic E-state index is 12.0. The van der Waals surface area contributed by atoms with Crippen LogP contribution in [0.1, 0.15) is 0 Å². The first-order valence-corrected chi connectivity index (χ1v) is 5.62. The molecule has 0 aliphatic carbocycles. The number of nitrogens with zero attached hydrogens (tertiary/aromatic N) is 4. The summed E-state index contributed by atoms with van der Waals surface area (Å²) in [4.78, 5) is 16.5. The van der Waals surface area contributed by atoms with Gasteiger partial charge in [-0.3, -0.25) is 4.79 Å². The molecule has 0 saturated carbocycles. The van der Waals surface area contributed by atoms with Crippen LogP contribution in [0.4, 0.5) is 0 Å². The predicted octanol–water partition coefficient (Wildman–Crippen LogP) is 1.33. The Bertz CT molecular complexity index is 771. The molecule has 0 aliphatic rings. The summed E-state index contributed by atoms with van der Waals surface area (Å²) >= 11 is 0. The number of hydrogen-bond donors (Lipinski definition) is 0. The SMILES string of the molecule is Cn1ncc2nc(-c3ccccc3)n(C)c2c1=O. The van der Waals surface area contributed by atoms with E-state index in [1.165, 1.54) is 4.68 Å². The van der Waals surface area contributed by atoms with Crippen LogP contribution in [0.3, 0.4) is 0 Å². The van der Waals surface area contributed by atoms with Crippen LogP contribution >= 0.6 is 0 Å². The molecule has 0 atom stereocenters. The van der Waals surface area contributed by atoms with Gasteiger partial charge in [-0.2, -0.15) is 5.10 Å². The fourth-order valence-electron chi connectivity index (χ4n) is 2.06. The molecule has 0 spiro atoms. The normalized spacial score (nSPS) is 11.0. The van der Waals surface area contributed by atoms with E-state index < -0.39 is 0 Å². The van der Waals surface area contributed by atoms with Crippen LogP contribution in [-0.2, 0) is 14.1 Å². The van der Waals surface area contributed by atoms with Gasteiger partial charge in [0, 0.05) is 19.7 Å². The zero-order valence-electron chi connectivity index (χ0n) is 10.2. The molecule has 2 aromatic heterocycles. The number of hydrogen-bond acceptors (Lipinski definition) is 3. The third kappa shape index (κ3) is 1.44. The first kappa shape index (κ1) is 10.7. The van der Waals surface area contributed by atoms with Gasteiger partial charge in [-0.1, -0.05) is 30.3 Å². The minimum Gasteiger partial charge on any atom is -0.322 e. The maximum atomic E-state index is 12.0. The van der Waals surface area contributed by atoms with Crippen LogP contribution in [0.5, 0.6) is 0 Å². The number of rotatable bonds is 1. The molecular formula is C13H12N4O. The molecule has 5 nitrogen and oxygen atoms in total. The molecule has 18 heavy (non-hydrogen) atoms. The maximum Gasteiger partial charge on any atom is 0.292 e. The quantitative estimate of drug-likeness (QED) is 0.645. The van der Waals surface area contributed by atoms with E-state index in [2.05, 4.69) is 10.1 Å². The lowest BCUT2D eigenvalue weighted by molar-refractivity contribution is 0.712. The molecule has 0 bridgehead atoms. The zero-order chi connectivity index (χ0) is 12.7. The molecule has 3 aromatic rings. The highest BCUT2D eigenvalue weighted by molar-refractivity contribution is 5.78. The Labute approximate surface area is 103 Å². The monoisotopic (exact) mass is 240 g/mol. The summed E-state index contributed by atoms with van der Waals surface area (Å²) in [6.07, 6.45) is 1.61. The van der Waals surface area contributed by atoms with Gasteiger partial charge in [-0.15, -0.1) is 0 Å². The van der Waals surface area contributed by atoms with Crippen molar-refractivity contribution in [2.75, 3.05) is 0 Å². The first-order chi connectivity index (χ1) is 8.68. The lowest BCUT2D eigenvalue weighted by Crippen LogP contribution is -2.20. The summed E-state index contributed by atoms with van der Waals surface area (Å²) in [5, 5.41) is 3.98. The highest BCUT2D eigenvalue weighted by Gasteiger charge is 2.13. The first-order valence-electron chi connectivity index (χ1n) is 5.62. The van der Waals surface area contributed by atoms with Gasteiger partial charge in [0.05, 0.1) is 6.20 Å². The number of aromatic nitrogens is 4. The number of benzene rings is 1. The van der Waals surface area contributed by atoms with Gasteiger partial charge in [0.2, 0.25) is 0 Å². The van der Waals surface area contributed by atoms with Crippen molar-refractivity contribution in [2.45, 2.75) is 0 Å². The molecule has 1 aromatic carbocycles. The van der Waals surface area contributed by atoms with Crippen molar-refractivity contribution in [2.24, 2.45) is 14.1 Å². The van der Waals surface area contributed by atoms with E-state index in [1.54, 1.807) is 13.2 Å². The van der Waals surface area contributed by atoms with Crippen molar-refractivity contribution in [1.29, 1.82) is 0 Å². The Morgan fingerprint density at radius 2 is 1.83 bits per heavy atom. The molecule has 0 saturated heterocycles. The van der Waals surface area contributed by atoms with Crippen LogP contribution in [0.25, 0.3) is 22.4 Å². The van der Waals surface area contributed by atoms with E-state index in [9.17, 15) is 4.79 Å². The molecule has 0 unspecified atom stereocenters. The zero-order valence-corrected chi connectivity index (χ0v) is 10.2. The van der Waals surface area contributed by atoms with Crippen molar-refractivity contribution in [3.05, 3.63) is 46.9 Å². The molecule has 0 amide bonds. The van der Waals surface area contributed by atoms with Crippen LogP contribution in [0.15, 0.2) is 41.3 Å². The largest absolute Gasteiger partial charge is 0.322 e. The summed E-state index contributed by atoms with van der Waals surface area (Å²) in [5.74, 6) is 0.774. The van der Waals surface area contributed by atoms with Crippen molar-refractivity contribution in [3.63, 3.8) is 0 Å². The van der Waals surface area contributed by atoms with E-state index in [0.29, 0.717) is 11.0 Å². The smallest absolute Gasteiger partial charge is 0.292 e. The van der Waals surface area contributed by atoms with Gasteiger partial charge in [-0.25, -0.2) is 9.67 Å². The Kier molecular flexibility index (Phi) is 2.26. The summed E-state index contributed by atoms with van der Waals surface area (Å²) < 4.78 is 3.13. The van der Waals surface area contributed by atoms with Gasteiger partial charge in [0.25, 0.3) is 5.56 Å². The number of imidazole rings is 1. The predicted molar refractivity (Wildman–Crippen MR) is 69.2 cm³/mol. The fourth-order valence-corrected chi connectivity index (χ4v) is 2.06. The highest BCUT2D eigenvalue weighted by Crippen LogP contribution is 2.20. The standard InChI is InChI=1S/C13H12N4O/c1-16-11-10(8-14-17(2)13(11)18)15-12(16)9-6-4-3-5-7-9/h3-8H,1-2H3. The van der Waals surface area contributed by atoms with Crippen LogP contribution in [-0.4, -0.2) is 19.3 Å². The third-order valence-electron chi connectivity index (χ3n) is 3.00. The second-order valence-corrected chi connectivity index (χ2v) is 4.17. The molecule has 5 heteroatoms.